The maximum Gasteiger partial charge on any atom is 0.319 e. The molecule has 2 fully saturated rings. The summed E-state index contributed by atoms with van der Waals surface area (Å²) in [5.41, 5.74) is 0.484. The molecule has 1 spiro atoms. The maximum atomic E-state index is 13.0. The van der Waals surface area contributed by atoms with Crippen LogP contribution in [0.25, 0.3) is 0 Å². The molecule has 2 heterocycles. The van der Waals surface area contributed by atoms with E-state index in [1.807, 2.05) is 36.1 Å². The van der Waals surface area contributed by atoms with Crippen molar-refractivity contribution in [3.8, 4) is 5.75 Å². The molecule has 0 aliphatic carbocycles. The molecule has 0 radical (unpaired) electrons. The predicted molar refractivity (Wildman–Crippen MR) is 117 cm³/mol. The summed E-state index contributed by atoms with van der Waals surface area (Å²) in [5, 5.41) is 2.98. The van der Waals surface area contributed by atoms with Gasteiger partial charge in [-0.2, -0.15) is 0 Å². The van der Waals surface area contributed by atoms with Crippen LogP contribution in [0, 0.1) is 5.41 Å². The Balaban J connectivity index is 1.74. The average Bonchev–Trinajstić information content (AvgIpc) is 2.95. The number of ether oxygens (including phenoxy) is 1. The van der Waals surface area contributed by atoms with Gasteiger partial charge in [-0.3, -0.25) is 4.79 Å². The standard InChI is InChI=1S/C22H33N5O4/c1-5-25-14-22(12-19(25)28)15-26(9-10-27(16-22)21(30)24(2)3)20(29)23-13-17-7-6-8-18(11-17)31-4/h6-8,11H,5,9-10,12-16H2,1-4H3,(H,23,29). The number of urea groups is 2. The van der Waals surface area contributed by atoms with Gasteiger partial charge in [0, 0.05) is 71.7 Å². The molecule has 2 saturated heterocycles. The largest absolute Gasteiger partial charge is 0.497 e. The first-order valence-corrected chi connectivity index (χ1v) is 10.7. The highest BCUT2D eigenvalue weighted by molar-refractivity contribution is 5.81. The number of hydrogen-bond acceptors (Lipinski definition) is 4. The highest BCUT2D eigenvalue weighted by Crippen LogP contribution is 2.35. The lowest BCUT2D eigenvalue weighted by molar-refractivity contribution is -0.127. The van der Waals surface area contributed by atoms with E-state index in [2.05, 4.69) is 5.32 Å². The summed E-state index contributed by atoms with van der Waals surface area (Å²) in [6, 6.07) is 7.27. The fraction of sp³-hybridized carbons (Fsp3) is 0.591. The third kappa shape index (κ3) is 5.21. The monoisotopic (exact) mass is 431 g/mol. The molecule has 2 aliphatic heterocycles. The highest BCUT2D eigenvalue weighted by atomic mass is 16.5. The van der Waals surface area contributed by atoms with E-state index in [0.717, 1.165) is 11.3 Å². The zero-order chi connectivity index (χ0) is 22.6. The molecule has 2 aliphatic rings. The van der Waals surface area contributed by atoms with Gasteiger partial charge in [0.2, 0.25) is 5.91 Å². The van der Waals surface area contributed by atoms with E-state index in [1.54, 1.807) is 35.9 Å². The van der Waals surface area contributed by atoms with Crippen LogP contribution in [0.4, 0.5) is 9.59 Å². The summed E-state index contributed by atoms with van der Waals surface area (Å²) in [5.74, 6) is 0.820. The minimum Gasteiger partial charge on any atom is -0.497 e. The van der Waals surface area contributed by atoms with Crippen LogP contribution in [0.2, 0.25) is 0 Å². The van der Waals surface area contributed by atoms with Crippen molar-refractivity contribution in [1.29, 1.82) is 0 Å². The Labute approximate surface area is 183 Å². The molecule has 9 heteroatoms. The summed E-state index contributed by atoms with van der Waals surface area (Å²) in [6.07, 6.45) is 0.345. The van der Waals surface area contributed by atoms with Crippen LogP contribution in [-0.4, -0.2) is 98.0 Å². The van der Waals surface area contributed by atoms with Gasteiger partial charge >= 0.3 is 12.1 Å². The molecule has 0 bridgehead atoms. The molecule has 0 saturated carbocycles. The topological polar surface area (TPSA) is 85.4 Å². The normalized spacial score (nSPS) is 21.3. The average molecular weight is 432 g/mol. The Morgan fingerprint density at radius 1 is 1.16 bits per heavy atom. The second kappa shape index (κ2) is 9.45. The summed E-state index contributed by atoms with van der Waals surface area (Å²) >= 11 is 0. The maximum absolute atomic E-state index is 13.0. The number of nitrogens with one attached hydrogen (secondary N) is 1. The van der Waals surface area contributed by atoms with Crippen LogP contribution in [0.1, 0.15) is 18.9 Å². The van der Waals surface area contributed by atoms with E-state index in [1.165, 1.54) is 0 Å². The van der Waals surface area contributed by atoms with Gasteiger partial charge in [-0.05, 0) is 24.6 Å². The lowest BCUT2D eigenvalue weighted by atomic mass is 9.86. The highest BCUT2D eigenvalue weighted by Gasteiger charge is 2.47. The van der Waals surface area contributed by atoms with E-state index in [9.17, 15) is 14.4 Å². The summed E-state index contributed by atoms with van der Waals surface area (Å²) in [4.78, 5) is 45.1. The number of methoxy groups -OCH3 is 1. The van der Waals surface area contributed by atoms with Gasteiger partial charge in [0.15, 0.2) is 0 Å². The van der Waals surface area contributed by atoms with E-state index in [0.29, 0.717) is 52.2 Å². The molecule has 170 valence electrons. The van der Waals surface area contributed by atoms with Gasteiger partial charge in [-0.1, -0.05) is 12.1 Å². The van der Waals surface area contributed by atoms with Crippen molar-refractivity contribution < 1.29 is 19.1 Å². The van der Waals surface area contributed by atoms with Gasteiger partial charge in [-0.15, -0.1) is 0 Å². The number of hydrogen-bond donors (Lipinski definition) is 1. The number of likely N-dealkylation sites (tertiary alicyclic amines) is 1. The Morgan fingerprint density at radius 3 is 2.52 bits per heavy atom. The van der Waals surface area contributed by atoms with Crippen molar-refractivity contribution in [3.63, 3.8) is 0 Å². The minimum atomic E-state index is -0.456. The van der Waals surface area contributed by atoms with E-state index in [-0.39, 0.29) is 18.0 Å². The van der Waals surface area contributed by atoms with E-state index < -0.39 is 5.41 Å². The molecule has 0 aromatic heterocycles. The Bertz CT molecular complexity index is 830. The lowest BCUT2D eigenvalue weighted by Gasteiger charge is -2.34. The van der Waals surface area contributed by atoms with E-state index in [4.69, 9.17) is 4.74 Å². The van der Waals surface area contributed by atoms with Gasteiger partial charge in [0.05, 0.1) is 7.11 Å². The Kier molecular flexibility index (Phi) is 6.92. The summed E-state index contributed by atoms with van der Waals surface area (Å²) < 4.78 is 5.24. The van der Waals surface area contributed by atoms with Crippen molar-refractivity contribution in [2.45, 2.75) is 19.9 Å². The molecule has 1 aromatic carbocycles. The molecular formula is C22H33N5O4. The molecule has 1 atom stereocenters. The molecule has 5 amide bonds. The second-order valence-corrected chi connectivity index (χ2v) is 8.62. The zero-order valence-electron chi connectivity index (χ0n) is 18.9. The molecule has 3 rings (SSSR count). The first-order chi connectivity index (χ1) is 14.8. The molecule has 9 nitrogen and oxygen atoms in total. The van der Waals surface area contributed by atoms with Gasteiger partial charge in [0.25, 0.3) is 0 Å². The number of rotatable bonds is 4. The van der Waals surface area contributed by atoms with Crippen LogP contribution in [0.3, 0.4) is 0 Å². The predicted octanol–water partition coefficient (Wildman–Crippen LogP) is 1.44. The fourth-order valence-corrected chi connectivity index (χ4v) is 4.43. The van der Waals surface area contributed by atoms with Gasteiger partial charge < -0.3 is 29.7 Å². The lowest BCUT2D eigenvalue weighted by Crippen LogP contribution is -2.48. The number of amides is 5. The number of nitrogens with zero attached hydrogens (tertiary/aromatic N) is 4. The van der Waals surface area contributed by atoms with Crippen molar-refractivity contribution in [1.82, 2.24) is 24.9 Å². The van der Waals surface area contributed by atoms with Crippen LogP contribution in [-0.2, 0) is 11.3 Å². The molecular weight excluding hydrogens is 398 g/mol. The SMILES string of the molecule is CCN1CC2(CC1=O)CN(C(=O)NCc1cccc(OC)c1)CCN(C(=O)N(C)C)C2. The van der Waals surface area contributed by atoms with E-state index >= 15 is 0 Å². The number of benzene rings is 1. The van der Waals surface area contributed by atoms with Gasteiger partial charge in [0.1, 0.15) is 5.75 Å². The number of carbonyl (C=O) groups is 3. The molecule has 1 aromatic rings. The quantitative estimate of drug-likeness (QED) is 0.782. The minimum absolute atomic E-state index is 0.0818. The first-order valence-electron chi connectivity index (χ1n) is 10.7. The molecule has 31 heavy (non-hydrogen) atoms. The van der Waals surface area contributed by atoms with Crippen LogP contribution >= 0.6 is 0 Å². The Hall–Kier alpha value is -2.97. The third-order valence-corrected chi connectivity index (χ3v) is 6.00. The van der Waals surface area contributed by atoms with Crippen molar-refractivity contribution in [2.24, 2.45) is 5.41 Å². The molecule has 1 N–H and O–H groups in total. The van der Waals surface area contributed by atoms with Crippen LogP contribution < -0.4 is 10.1 Å². The van der Waals surface area contributed by atoms with Crippen LogP contribution in [0.5, 0.6) is 5.75 Å². The zero-order valence-corrected chi connectivity index (χ0v) is 18.9. The first kappa shape index (κ1) is 22.7. The third-order valence-electron chi connectivity index (χ3n) is 6.00. The van der Waals surface area contributed by atoms with Crippen molar-refractivity contribution >= 4 is 18.0 Å². The van der Waals surface area contributed by atoms with Crippen molar-refractivity contribution in [2.75, 3.05) is 60.5 Å². The summed E-state index contributed by atoms with van der Waals surface area (Å²) in [6.45, 7) is 5.28. The van der Waals surface area contributed by atoms with Gasteiger partial charge in [-0.25, -0.2) is 9.59 Å². The van der Waals surface area contributed by atoms with Crippen molar-refractivity contribution in [3.05, 3.63) is 29.8 Å². The smallest absolute Gasteiger partial charge is 0.319 e. The van der Waals surface area contributed by atoms with Crippen LogP contribution in [0.15, 0.2) is 24.3 Å². The Morgan fingerprint density at radius 2 is 1.87 bits per heavy atom. The molecule has 1 unspecified atom stereocenters. The summed E-state index contributed by atoms with van der Waals surface area (Å²) in [7, 11) is 5.05. The second-order valence-electron chi connectivity index (χ2n) is 8.62. The number of carbonyl (C=O) groups excluding carboxylic acids is 3. The fourth-order valence-electron chi connectivity index (χ4n) is 4.43.